The second-order valence-electron chi connectivity index (χ2n) is 9.11. The van der Waals surface area contributed by atoms with Crippen LogP contribution in [0.2, 0.25) is 0 Å². The molecular weight excluding hydrogens is 454 g/mol. The molecule has 1 N–H and O–H groups in total. The lowest BCUT2D eigenvalue weighted by molar-refractivity contribution is -0.132. The summed E-state index contributed by atoms with van der Waals surface area (Å²) in [7, 11) is 1.57. The molecule has 1 amide bonds. The number of rotatable bonds is 7. The number of aryl methyl sites for hydroxylation is 2. The van der Waals surface area contributed by atoms with E-state index < -0.39 is 17.7 Å². The Kier molecular flexibility index (Phi) is 7.15. The number of benzene rings is 3. The number of anilines is 1. The van der Waals surface area contributed by atoms with Crippen LogP contribution in [-0.2, 0) is 16.0 Å². The third kappa shape index (κ3) is 4.71. The van der Waals surface area contributed by atoms with Crippen LogP contribution in [0.5, 0.6) is 11.5 Å². The van der Waals surface area contributed by atoms with E-state index in [4.69, 9.17) is 9.47 Å². The Balaban J connectivity index is 1.87. The maximum atomic E-state index is 13.4. The van der Waals surface area contributed by atoms with Crippen LogP contribution in [0.1, 0.15) is 49.1 Å². The number of ether oxygens (including phenoxy) is 2. The summed E-state index contributed by atoms with van der Waals surface area (Å²) in [5, 5.41) is 11.4. The lowest BCUT2D eigenvalue weighted by atomic mass is 9.94. The molecule has 0 spiro atoms. The first kappa shape index (κ1) is 25.0. The fourth-order valence-electron chi connectivity index (χ4n) is 4.43. The fourth-order valence-corrected chi connectivity index (χ4v) is 4.43. The van der Waals surface area contributed by atoms with Gasteiger partial charge in [-0.15, -0.1) is 0 Å². The number of hydrogen-bond acceptors (Lipinski definition) is 5. The van der Waals surface area contributed by atoms with Gasteiger partial charge < -0.3 is 14.6 Å². The standard InChI is InChI=1S/C30H31NO5/c1-6-20-7-12-23(13-8-20)31-27(21-9-14-24(35-5)15-10-21)26(29(33)30(31)34)28(32)22-11-16-25(19(4)17-22)36-18(2)3/h7-18,27,32H,6H2,1-5H3/b28-26-. The van der Waals surface area contributed by atoms with Crippen molar-refractivity contribution in [3.63, 3.8) is 0 Å². The molecule has 6 nitrogen and oxygen atoms in total. The molecular formula is C30H31NO5. The lowest BCUT2D eigenvalue weighted by Crippen LogP contribution is -2.29. The third-order valence-corrected chi connectivity index (χ3v) is 6.31. The number of carbonyl (C=O) groups excluding carboxylic acids is 2. The number of nitrogens with zero attached hydrogens (tertiary/aromatic N) is 1. The highest BCUT2D eigenvalue weighted by Crippen LogP contribution is 2.42. The number of Topliss-reactive ketones (excluding diaryl/α,β-unsaturated/α-hetero) is 1. The van der Waals surface area contributed by atoms with Gasteiger partial charge in [-0.25, -0.2) is 0 Å². The molecule has 3 aromatic carbocycles. The molecule has 0 bridgehead atoms. The van der Waals surface area contributed by atoms with E-state index in [0.717, 1.165) is 17.5 Å². The minimum absolute atomic E-state index is 0.00244. The number of aliphatic hydroxyl groups excluding tert-OH is 1. The van der Waals surface area contributed by atoms with Crippen LogP contribution >= 0.6 is 0 Å². The van der Waals surface area contributed by atoms with Crippen molar-refractivity contribution in [2.75, 3.05) is 12.0 Å². The number of carbonyl (C=O) groups is 2. The average molecular weight is 486 g/mol. The van der Waals surface area contributed by atoms with E-state index in [1.807, 2.05) is 45.0 Å². The summed E-state index contributed by atoms with van der Waals surface area (Å²) >= 11 is 0. The topological polar surface area (TPSA) is 76.1 Å². The summed E-state index contributed by atoms with van der Waals surface area (Å²) in [5.74, 6) is -0.281. The lowest BCUT2D eigenvalue weighted by Gasteiger charge is -2.26. The van der Waals surface area contributed by atoms with Gasteiger partial charge in [-0.3, -0.25) is 14.5 Å². The monoisotopic (exact) mass is 485 g/mol. The van der Waals surface area contributed by atoms with Gasteiger partial charge in [-0.1, -0.05) is 31.2 Å². The Morgan fingerprint density at radius 2 is 1.67 bits per heavy atom. The van der Waals surface area contributed by atoms with Crippen LogP contribution in [0.15, 0.2) is 72.3 Å². The van der Waals surface area contributed by atoms with E-state index in [9.17, 15) is 14.7 Å². The first-order valence-electron chi connectivity index (χ1n) is 12.1. The predicted molar refractivity (Wildman–Crippen MR) is 141 cm³/mol. The van der Waals surface area contributed by atoms with Crippen molar-refractivity contribution in [3.8, 4) is 11.5 Å². The van der Waals surface area contributed by atoms with E-state index in [0.29, 0.717) is 28.3 Å². The van der Waals surface area contributed by atoms with Gasteiger partial charge in [-0.2, -0.15) is 0 Å². The summed E-state index contributed by atoms with van der Waals surface area (Å²) in [4.78, 5) is 28.2. The molecule has 36 heavy (non-hydrogen) atoms. The van der Waals surface area contributed by atoms with Crippen LogP contribution < -0.4 is 14.4 Å². The van der Waals surface area contributed by atoms with Crippen LogP contribution in [0, 0.1) is 6.92 Å². The summed E-state index contributed by atoms with van der Waals surface area (Å²) < 4.78 is 11.1. The van der Waals surface area contributed by atoms with Gasteiger partial charge in [-0.05, 0) is 86.3 Å². The van der Waals surface area contributed by atoms with Crippen LogP contribution in [0.4, 0.5) is 5.69 Å². The van der Waals surface area contributed by atoms with Gasteiger partial charge in [0, 0.05) is 11.3 Å². The molecule has 4 rings (SSSR count). The number of methoxy groups -OCH3 is 1. The minimum Gasteiger partial charge on any atom is -0.507 e. The van der Waals surface area contributed by atoms with E-state index in [1.165, 1.54) is 4.90 Å². The maximum Gasteiger partial charge on any atom is 0.300 e. The molecule has 0 aromatic heterocycles. The highest BCUT2D eigenvalue weighted by Gasteiger charge is 2.47. The van der Waals surface area contributed by atoms with Crippen LogP contribution in [-0.4, -0.2) is 30.0 Å². The van der Waals surface area contributed by atoms with Gasteiger partial charge in [0.05, 0.1) is 24.8 Å². The fraction of sp³-hybridized carbons (Fsp3) is 0.267. The zero-order chi connectivity index (χ0) is 26.0. The number of aliphatic hydroxyl groups is 1. The molecule has 1 heterocycles. The van der Waals surface area contributed by atoms with Crippen LogP contribution in [0.25, 0.3) is 5.76 Å². The van der Waals surface area contributed by atoms with Crippen molar-refractivity contribution in [1.82, 2.24) is 0 Å². The zero-order valence-electron chi connectivity index (χ0n) is 21.2. The van der Waals surface area contributed by atoms with Crippen molar-refractivity contribution in [1.29, 1.82) is 0 Å². The summed E-state index contributed by atoms with van der Waals surface area (Å²) in [6.45, 7) is 7.81. The normalized spacial score (nSPS) is 17.1. The molecule has 3 aromatic rings. The first-order chi connectivity index (χ1) is 17.2. The quantitative estimate of drug-likeness (QED) is 0.253. The highest BCUT2D eigenvalue weighted by atomic mass is 16.5. The van der Waals surface area contributed by atoms with Gasteiger partial charge in [0.15, 0.2) is 0 Å². The molecule has 0 saturated carbocycles. The maximum absolute atomic E-state index is 13.4. The van der Waals surface area contributed by atoms with Gasteiger partial charge in [0.25, 0.3) is 11.7 Å². The summed E-state index contributed by atoms with van der Waals surface area (Å²) in [6.07, 6.45) is 0.860. The minimum atomic E-state index is -0.796. The molecule has 1 aliphatic heterocycles. The van der Waals surface area contributed by atoms with Gasteiger partial charge in [0.2, 0.25) is 0 Å². The van der Waals surface area contributed by atoms with E-state index in [-0.39, 0.29) is 17.4 Å². The molecule has 1 fully saturated rings. The molecule has 0 aliphatic carbocycles. The zero-order valence-corrected chi connectivity index (χ0v) is 21.2. The Hall–Kier alpha value is -4.06. The van der Waals surface area contributed by atoms with Crippen molar-refractivity contribution in [2.24, 2.45) is 0 Å². The smallest absolute Gasteiger partial charge is 0.300 e. The molecule has 0 radical (unpaired) electrons. The van der Waals surface area contributed by atoms with Crippen molar-refractivity contribution in [3.05, 3.63) is 94.6 Å². The Morgan fingerprint density at radius 3 is 2.22 bits per heavy atom. The second-order valence-corrected chi connectivity index (χ2v) is 9.11. The Bertz CT molecular complexity index is 1310. The van der Waals surface area contributed by atoms with E-state index >= 15 is 0 Å². The Morgan fingerprint density at radius 1 is 1.00 bits per heavy atom. The average Bonchev–Trinajstić information content (AvgIpc) is 3.14. The molecule has 1 unspecified atom stereocenters. The van der Waals surface area contributed by atoms with Crippen LogP contribution in [0.3, 0.4) is 0 Å². The largest absolute Gasteiger partial charge is 0.507 e. The predicted octanol–water partition coefficient (Wildman–Crippen LogP) is 5.98. The van der Waals surface area contributed by atoms with Gasteiger partial charge >= 0.3 is 0 Å². The first-order valence-corrected chi connectivity index (χ1v) is 12.1. The number of hydrogen-bond donors (Lipinski definition) is 1. The molecule has 1 saturated heterocycles. The summed E-state index contributed by atoms with van der Waals surface area (Å²) in [5.41, 5.74) is 3.70. The summed E-state index contributed by atoms with van der Waals surface area (Å²) in [6, 6.07) is 19.2. The second kappa shape index (κ2) is 10.3. The molecule has 1 aliphatic rings. The number of amides is 1. The molecule has 186 valence electrons. The highest BCUT2D eigenvalue weighted by molar-refractivity contribution is 6.51. The number of ketones is 1. The van der Waals surface area contributed by atoms with E-state index in [2.05, 4.69) is 6.92 Å². The van der Waals surface area contributed by atoms with Crippen molar-refractivity contribution < 1.29 is 24.2 Å². The van der Waals surface area contributed by atoms with Gasteiger partial charge in [0.1, 0.15) is 17.3 Å². The molecule has 1 atom stereocenters. The van der Waals surface area contributed by atoms with Crippen molar-refractivity contribution in [2.45, 2.75) is 46.3 Å². The van der Waals surface area contributed by atoms with E-state index in [1.54, 1.807) is 49.6 Å². The SMILES string of the molecule is CCc1ccc(N2C(=O)C(=O)/C(=C(\O)c3ccc(OC(C)C)c(C)c3)C2c2ccc(OC)cc2)cc1. The molecule has 6 heteroatoms. The Labute approximate surface area is 211 Å². The van der Waals surface area contributed by atoms with Crippen molar-refractivity contribution >= 4 is 23.1 Å². The third-order valence-electron chi connectivity index (χ3n) is 6.31.